The molecular formula is C10H11Cl2FN2. The van der Waals surface area contributed by atoms with Crippen LogP contribution in [0, 0.1) is 24.1 Å². The van der Waals surface area contributed by atoms with Gasteiger partial charge in [-0.15, -0.1) is 12.4 Å². The lowest BCUT2D eigenvalue weighted by Gasteiger charge is -2.12. The van der Waals surface area contributed by atoms with Crippen LogP contribution in [-0.2, 0) is 0 Å². The fourth-order valence-corrected chi connectivity index (χ4v) is 1.50. The van der Waals surface area contributed by atoms with E-state index in [9.17, 15) is 4.39 Å². The van der Waals surface area contributed by atoms with Gasteiger partial charge in [0.15, 0.2) is 0 Å². The first-order chi connectivity index (χ1) is 6.57. The van der Waals surface area contributed by atoms with Crippen molar-refractivity contribution in [3.63, 3.8) is 0 Å². The zero-order chi connectivity index (χ0) is 10.7. The van der Waals surface area contributed by atoms with Gasteiger partial charge in [-0.05, 0) is 18.6 Å². The predicted molar refractivity (Wildman–Crippen MR) is 60.6 cm³/mol. The summed E-state index contributed by atoms with van der Waals surface area (Å²) in [6.45, 7) is 1.63. The largest absolute Gasteiger partial charge is 0.323 e. The number of nitrogens with zero attached hydrogens (tertiary/aromatic N) is 1. The van der Waals surface area contributed by atoms with Gasteiger partial charge in [0.05, 0.1) is 12.5 Å². The van der Waals surface area contributed by atoms with Gasteiger partial charge >= 0.3 is 0 Å². The number of halogens is 3. The van der Waals surface area contributed by atoms with Gasteiger partial charge in [-0.2, -0.15) is 5.26 Å². The SMILES string of the molecule is Cc1ccc(Cl)c([C@@H](N)CC#N)c1F.Cl. The second-order valence-electron chi connectivity index (χ2n) is 3.06. The third-order valence-electron chi connectivity index (χ3n) is 2.00. The lowest BCUT2D eigenvalue weighted by atomic mass is 10.0. The molecule has 0 fully saturated rings. The number of nitrogens with two attached hydrogens (primary N) is 1. The van der Waals surface area contributed by atoms with Gasteiger partial charge in [0.1, 0.15) is 5.82 Å². The van der Waals surface area contributed by atoms with Crippen LogP contribution in [-0.4, -0.2) is 0 Å². The van der Waals surface area contributed by atoms with Crippen LogP contribution in [0.3, 0.4) is 0 Å². The minimum atomic E-state index is -0.660. The molecule has 0 spiro atoms. The van der Waals surface area contributed by atoms with Crippen molar-refractivity contribution in [3.05, 3.63) is 34.1 Å². The van der Waals surface area contributed by atoms with E-state index < -0.39 is 11.9 Å². The van der Waals surface area contributed by atoms with Crippen LogP contribution in [0.15, 0.2) is 12.1 Å². The van der Waals surface area contributed by atoms with Crippen LogP contribution in [0.25, 0.3) is 0 Å². The first-order valence-electron chi connectivity index (χ1n) is 4.15. The quantitative estimate of drug-likeness (QED) is 0.875. The van der Waals surface area contributed by atoms with Crippen molar-refractivity contribution in [2.45, 2.75) is 19.4 Å². The van der Waals surface area contributed by atoms with E-state index in [1.54, 1.807) is 19.1 Å². The fraction of sp³-hybridized carbons (Fsp3) is 0.300. The first-order valence-corrected chi connectivity index (χ1v) is 4.52. The maximum Gasteiger partial charge on any atom is 0.132 e. The second-order valence-corrected chi connectivity index (χ2v) is 3.47. The molecule has 0 radical (unpaired) electrons. The van der Waals surface area contributed by atoms with E-state index in [-0.39, 0.29) is 29.4 Å². The molecular weight excluding hydrogens is 238 g/mol. The zero-order valence-electron chi connectivity index (χ0n) is 8.13. The Bertz CT molecular complexity index is 388. The van der Waals surface area contributed by atoms with Crippen LogP contribution in [0.2, 0.25) is 5.02 Å². The third-order valence-corrected chi connectivity index (χ3v) is 2.33. The van der Waals surface area contributed by atoms with Crippen LogP contribution < -0.4 is 5.73 Å². The molecule has 0 saturated heterocycles. The Morgan fingerprint density at radius 2 is 2.20 bits per heavy atom. The molecule has 0 saturated carbocycles. The Balaban J connectivity index is 0.00000196. The molecule has 1 atom stereocenters. The maximum atomic E-state index is 13.6. The Morgan fingerprint density at radius 1 is 1.60 bits per heavy atom. The van der Waals surface area contributed by atoms with Crippen molar-refractivity contribution in [2.24, 2.45) is 5.73 Å². The number of hydrogen-bond donors (Lipinski definition) is 1. The third kappa shape index (κ3) is 3.07. The lowest BCUT2D eigenvalue weighted by molar-refractivity contribution is 0.577. The van der Waals surface area contributed by atoms with Crippen LogP contribution >= 0.6 is 24.0 Å². The molecule has 0 amide bonds. The number of rotatable bonds is 2. The molecule has 0 aliphatic carbocycles. The summed E-state index contributed by atoms with van der Waals surface area (Å²) in [5.74, 6) is -0.416. The van der Waals surface area contributed by atoms with Gasteiger partial charge < -0.3 is 5.73 Å². The highest BCUT2D eigenvalue weighted by molar-refractivity contribution is 6.31. The molecule has 1 aromatic carbocycles. The topological polar surface area (TPSA) is 49.8 Å². The lowest BCUT2D eigenvalue weighted by Crippen LogP contribution is -2.12. The van der Waals surface area contributed by atoms with E-state index in [1.165, 1.54) is 0 Å². The summed E-state index contributed by atoms with van der Waals surface area (Å²) in [7, 11) is 0. The summed E-state index contributed by atoms with van der Waals surface area (Å²) in [5, 5.41) is 8.73. The van der Waals surface area contributed by atoms with Crippen LogP contribution in [0.1, 0.15) is 23.6 Å². The van der Waals surface area contributed by atoms with Crippen LogP contribution in [0.5, 0.6) is 0 Å². The number of benzene rings is 1. The Labute approximate surface area is 99.2 Å². The number of nitriles is 1. The summed E-state index contributed by atoms with van der Waals surface area (Å²) < 4.78 is 13.6. The minimum absolute atomic E-state index is 0. The predicted octanol–water partition coefficient (Wildman–Crippen LogP) is 3.12. The monoisotopic (exact) mass is 248 g/mol. The summed E-state index contributed by atoms with van der Waals surface area (Å²) in [4.78, 5) is 0. The molecule has 15 heavy (non-hydrogen) atoms. The molecule has 0 aromatic heterocycles. The van der Waals surface area contributed by atoms with Crippen molar-refractivity contribution in [1.82, 2.24) is 0 Å². The molecule has 1 rings (SSSR count). The molecule has 2 N–H and O–H groups in total. The van der Waals surface area contributed by atoms with Gasteiger partial charge in [0, 0.05) is 16.6 Å². The molecule has 2 nitrogen and oxygen atoms in total. The highest BCUT2D eigenvalue weighted by Gasteiger charge is 2.16. The summed E-state index contributed by atoms with van der Waals surface area (Å²) in [5.41, 5.74) is 6.34. The summed E-state index contributed by atoms with van der Waals surface area (Å²) in [6, 6.07) is 4.40. The first kappa shape index (κ1) is 14.2. The molecule has 5 heteroatoms. The average Bonchev–Trinajstić information content (AvgIpc) is 2.13. The highest BCUT2D eigenvalue weighted by atomic mass is 35.5. The summed E-state index contributed by atoms with van der Waals surface area (Å²) in [6.07, 6.45) is 0.0556. The minimum Gasteiger partial charge on any atom is -0.323 e. The standard InChI is InChI=1S/C10H10ClFN2.ClH/c1-6-2-3-7(11)9(10(6)12)8(14)4-5-13;/h2-3,8H,4,14H2,1H3;1H/t8-;/m0./s1. The normalized spacial score (nSPS) is 11.4. The van der Waals surface area contributed by atoms with Gasteiger partial charge in [-0.1, -0.05) is 17.7 Å². The van der Waals surface area contributed by atoms with Gasteiger partial charge in [0.25, 0.3) is 0 Å². The Hall–Kier alpha value is -0.820. The molecule has 0 aliphatic rings. The van der Waals surface area contributed by atoms with Crippen molar-refractivity contribution in [2.75, 3.05) is 0 Å². The smallest absolute Gasteiger partial charge is 0.132 e. The van der Waals surface area contributed by atoms with Crippen molar-refractivity contribution in [3.8, 4) is 6.07 Å². The van der Waals surface area contributed by atoms with E-state index in [1.807, 2.05) is 6.07 Å². The summed E-state index contributed by atoms with van der Waals surface area (Å²) >= 11 is 5.80. The maximum absolute atomic E-state index is 13.6. The van der Waals surface area contributed by atoms with Crippen LogP contribution in [0.4, 0.5) is 4.39 Å². The highest BCUT2D eigenvalue weighted by Crippen LogP contribution is 2.28. The van der Waals surface area contributed by atoms with Gasteiger partial charge in [-0.25, -0.2) is 4.39 Å². The molecule has 0 unspecified atom stereocenters. The van der Waals surface area contributed by atoms with Crippen molar-refractivity contribution < 1.29 is 4.39 Å². The van der Waals surface area contributed by atoms with Gasteiger partial charge in [0.2, 0.25) is 0 Å². The molecule has 82 valence electrons. The number of hydrogen-bond acceptors (Lipinski definition) is 2. The zero-order valence-corrected chi connectivity index (χ0v) is 9.70. The second kappa shape index (κ2) is 5.92. The van der Waals surface area contributed by atoms with E-state index in [0.717, 1.165) is 0 Å². The van der Waals surface area contributed by atoms with Crippen molar-refractivity contribution in [1.29, 1.82) is 5.26 Å². The Morgan fingerprint density at radius 3 is 2.73 bits per heavy atom. The van der Waals surface area contributed by atoms with Gasteiger partial charge in [-0.3, -0.25) is 0 Å². The molecule has 0 aliphatic heterocycles. The van der Waals surface area contributed by atoms with E-state index in [2.05, 4.69) is 0 Å². The number of aryl methyl sites for hydroxylation is 1. The molecule has 0 heterocycles. The van der Waals surface area contributed by atoms with Crippen molar-refractivity contribution >= 4 is 24.0 Å². The van der Waals surface area contributed by atoms with E-state index >= 15 is 0 Å². The molecule has 0 bridgehead atoms. The van der Waals surface area contributed by atoms with E-state index in [4.69, 9.17) is 22.6 Å². The molecule has 1 aromatic rings. The van der Waals surface area contributed by atoms with E-state index in [0.29, 0.717) is 5.56 Å². The Kier molecular flexibility index (Phi) is 5.59. The fourth-order valence-electron chi connectivity index (χ4n) is 1.22. The average molecular weight is 249 g/mol.